The quantitative estimate of drug-likeness (QED) is 0.772. The van der Waals surface area contributed by atoms with Crippen molar-refractivity contribution < 1.29 is 17.9 Å². The fraction of sp³-hybridized carbons (Fsp3) is 0.381. The van der Waals surface area contributed by atoms with E-state index in [-0.39, 0.29) is 10.8 Å². The minimum atomic E-state index is -3.56. The predicted molar refractivity (Wildman–Crippen MR) is 108 cm³/mol. The number of carbonyl (C=O) groups is 1. The number of hydrogen-bond donors (Lipinski definition) is 1. The van der Waals surface area contributed by atoms with Crippen molar-refractivity contribution in [3.05, 3.63) is 59.2 Å². The molecule has 0 atom stereocenters. The van der Waals surface area contributed by atoms with Gasteiger partial charge in [-0.2, -0.15) is 4.31 Å². The molecule has 1 aliphatic heterocycles. The molecule has 0 spiro atoms. The Morgan fingerprint density at radius 3 is 2.57 bits per heavy atom. The zero-order valence-corrected chi connectivity index (χ0v) is 17.1. The maximum Gasteiger partial charge on any atom is 0.251 e. The van der Waals surface area contributed by atoms with Crippen molar-refractivity contribution in [1.29, 1.82) is 0 Å². The van der Waals surface area contributed by atoms with Crippen LogP contribution in [0.1, 0.15) is 41.3 Å². The molecule has 0 unspecified atom stereocenters. The Balaban J connectivity index is 1.79. The molecule has 0 saturated carbocycles. The van der Waals surface area contributed by atoms with Gasteiger partial charge in [0.05, 0.1) is 11.5 Å². The summed E-state index contributed by atoms with van der Waals surface area (Å²) in [6, 6.07) is 12.3. The maximum atomic E-state index is 12.8. The summed E-state index contributed by atoms with van der Waals surface area (Å²) in [6.45, 7) is 5.62. The summed E-state index contributed by atoms with van der Waals surface area (Å²) >= 11 is 0. The fourth-order valence-corrected chi connectivity index (χ4v) is 4.84. The Bertz CT molecular complexity index is 951. The monoisotopic (exact) mass is 402 g/mol. The third kappa shape index (κ3) is 4.36. The minimum Gasteiger partial charge on any atom is -0.494 e. The van der Waals surface area contributed by atoms with Gasteiger partial charge in [-0.15, -0.1) is 0 Å². The molecule has 1 aliphatic rings. The van der Waals surface area contributed by atoms with Gasteiger partial charge in [-0.3, -0.25) is 4.79 Å². The number of rotatable bonds is 7. The highest BCUT2D eigenvalue weighted by Gasteiger charge is 2.28. The van der Waals surface area contributed by atoms with Gasteiger partial charge in [-0.1, -0.05) is 24.3 Å². The Labute approximate surface area is 166 Å². The first-order valence-corrected chi connectivity index (χ1v) is 11.0. The lowest BCUT2D eigenvalue weighted by Gasteiger charge is -2.17. The molecule has 1 fully saturated rings. The smallest absolute Gasteiger partial charge is 0.251 e. The number of nitrogens with one attached hydrogen (secondary N) is 1. The summed E-state index contributed by atoms with van der Waals surface area (Å²) in [5.41, 5.74) is 1.97. The number of carbonyl (C=O) groups excluding carboxylic acids is 1. The number of amides is 1. The van der Waals surface area contributed by atoms with Gasteiger partial charge in [0.15, 0.2) is 0 Å². The van der Waals surface area contributed by atoms with E-state index in [0.29, 0.717) is 31.8 Å². The minimum absolute atomic E-state index is 0.167. The molecular weight excluding hydrogens is 376 g/mol. The Hall–Kier alpha value is -2.38. The van der Waals surface area contributed by atoms with Gasteiger partial charge in [0, 0.05) is 30.8 Å². The van der Waals surface area contributed by atoms with Gasteiger partial charge < -0.3 is 10.1 Å². The van der Waals surface area contributed by atoms with Crippen LogP contribution in [0, 0.1) is 6.92 Å². The van der Waals surface area contributed by atoms with Crippen molar-refractivity contribution in [2.75, 3.05) is 19.7 Å². The summed E-state index contributed by atoms with van der Waals surface area (Å²) in [4.78, 5) is 12.9. The summed E-state index contributed by atoms with van der Waals surface area (Å²) in [5.74, 6) is 0.426. The first-order valence-electron chi connectivity index (χ1n) is 9.53. The molecule has 2 aromatic carbocycles. The summed E-state index contributed by atoms with van der Waals surface area (Å²) in [5, 5.41) is 2.88. The second kappa shape index (κ2) is 8.75. The third-order valence-corrected chi connectivity index (χ3v) is 6.76. The Morgan fingerprint density at radius 2 is 1.86 bits per heavy atom. The average molecular weight is 403 g/mol. The third-order valence-electron chi connectivity index (χ3n) is 4.87. The number of benzene rings is 2. The molecule has 0 aromatic heterocycles. The van der Waals surface area contributed by atoms with Gasteiger partial charge in [0.2, 0.25) is 10.0 Å². The fourth-order valence-electron chi connectivity index (χ4n) is 3.30. The van der Waals surface area contributed by atoms with Crippen LogP contribution in [-0.2, 0) is 16.6 Å². The molecule has 1 N–H and O–H groups in total. The zero-order chi connectivity index (χ0) is 20.1. The molecule has 1 heterocycles. The van der Waals surface area contributed by atoms with Crippen molar-refractivity contribution in [2.45, 2.75) is 38.1 Å². The van der Waals surface area contributed by atoms with Crippen LogP contribution in [0.2, 0.25) is 0 Å². The molecule has 1 amide bonds. The van der Waals surface area contributed by atoms with E-state index in [2.05, 4.69) is 5.32 Å². The second-order valence-electron chi connectivity index (χ2n) is 6.81. The van der Waals surface area contributed by atoms with Gasteiger partial charge in [0.25, 0.3) is 5.91 Å². The van der Waals surface area contributed by atoms with E-state index >= 15 is 0 Å². The highest BCUT2D eigenvalue weighted by atomic mass is 32.2. The highest BCUT2D eigenvalue weighted by Crippen LogP contribution is 2.23. The van der Waals surface area contributed by atoms with Gasteiger partial charge in [0.1, 0.15) is 5.75 Å². The number of para-hydroxylation sites is 1. The predicted octanol–water partition coefficient (Wildman–Crippen LogP) is 3.11. The molecule has 1 saturated heterocycles. The molecule has 0 radical (unpaired) electrons. The Morgan fingerprint density at radius 1 is 1.14 bits per heavy atom. The van der Waals surface area contributed by atoms with Gasteiger partial charge in [-0.25, -0.2) is 8.42 Å². The van der Waals surface area contributed by atoms with Crippen LogP contribution >= 0.6 is 0 Å². The van der Waals surface area contributed by atoms with E-state index in [0.717, 1.165) is 29.7 Å². The lowest BCUT2D eigenvalue weighted by atomic mass is 10.1. The topological polar surface area (TPSA) is 75.7 Å². The standard InChI is InChI=1S/C21H26N2O4S/c1-3-27-20-9-5-4-8-17(20)15-22-21(24)19-14-18(11-10-16(19)2)28(25,26)23-12-6-7-13-23/h4-5,8-11,14H,3,6-7,12-13,15H2,1-2H3,(H,22,24). The van der Waals surface area contributed by atoms with Gasteiger partial charge >= 0.3 is 0 Å². The molecule has 3 rings (SSSR count). The normalized spacial score (nSPS) is 14.8. The van der Waals surface area contributed by atoms with E-state index in [1.54, 1.807) is 19.1 Å². The van der Waals surface area contributed by atoms with Crippen LogP contribution in [0.25, 0.3) is 0 Å². The molecule has 0 bridgehead atoms. The average Bonchev–Trinajstić information content (AvgIpc) is 3.23. The molecular formula is C21H26N2O4S. The van der Waals surface area contributed by atoms with Crippen LogP contribution in [0.5, 0.6) is 5.75 Å². The molecule has 7 heteroatoms. The first-order chi connectivity index (χ1) is 13.4. The SMILES string of the molecule is CCOc1ccccc1CNC(=O)c1cc(S(=O)(=O)N2CCCC2)ccc1C. The number of ether oxygens (including phenoxy) is 1. The van der Waals surface area contributed by atoms with Gasteiger partial charge in [-0.05, 0) is 50.5 Å². The number of sulfonamides is 1. The van der Waals surface area contributed by atoms with Crippen molar-refractivity contribution >= 4 is 15.9 Å². The molecule has 6 nitrogen and oxygen atoms in total. The van der Waals surface area contributed by atoms with E-state index in [1.165, 1.54) is 10.4 Å². The summed E-state index contributed by atoms with van der Waals surface area (Å²) in [7, 11) is -3.56. The molecule has 28 heavy (non-hydrogen) atoms. The second-order valence-corrected chi connectivity index (χ2v) is 8.75. The molecule has 2 aromatic rings. The van der Waals surface area contributed by atoms with Crippen LogP contribution in [-0.4, -0.2) is 38.3 Å². The maximum absolute atomic E-state index is 12.8. The highest BCUT2D eigenvalue weighted by molar-refractivity contribution is 7.89. The zero-order valence-electron chi connectivity index (χ0n) is 16.3. The summed E-state index contributed by atoms with van der Waals surface area (Å²) in [6.07, 6.45) is 1.75. The summed E-state index contributed by atoms with van der Waals surface area (Å²) < 4.78 is 32.7. The van der Waals surface area contributed by atoms with E-state index in [4.69, 9.17) is 4.74 Å². The number of aryl methyl sites for hydroxylation is 1. The van der Waals surface area contributed by atoms with Crippen molar-refractivity contribution in [2.24, 2.45) is 0 Å². The van der Waals surface area contributed by atoms with Crippen molar-refractivity contribution in [1.82, 2.24) is 9.62 Å². The van der Waals surface area contributed by atoms with Crippen LogP contribution in [0.15, 0.2) is 47.4 Å². The number of nitrogens with zero attached hydrogens (tertiary/aromatic N) is 1. The molecule has 150 valence electrons. The number of hydrogen-bond acceptors (Lipinski definition) is 4. The lowest BCUT2D eigenvalue weighted by Crippen LogP contribution is -2.29. The lowest BCUT2D eigenvalue weighted by molar-refractivity contribution is 0.0950. The largest absolute Gasteiger partial charge is 0.494 e. The van der Waals surface area contributed by atoms with Crippen molar-refractivity contribution in [3.63, 3.8) is 0 Å². The Kier molecular flexibility index (Phi) is 6.36. The first kappa shape index (κ1) is 20.4. The van der Waals surface area contributed by atoms with E-state index in [1.807, 2.05) is 31.2 Å². The van der Waals surface area contributed by atoms with Crippen LogP contribution in [0.4, 0.5) is 0 Å². The van der Waals surface area contributed by atoms with Crippen LogP contribution in [0.3, 0.4) is 0 Å². The van der Waals surface area contributed by atoms with E-state index in [9.17, 15) is 13.2 Å². The van der Waals surface area contributed by atoms with Crippen LogP contribution < -0.4 is 10.1 Å². The van der Waals surface area contributed by atoms with E-state index < -0.39 is 10.0 Å². The van der Waals surface area contributed by atoms with Crippen molar-refractivity contribution in [3.8, 4) is 5.75 Å². The molecule has 0 aliphatic carbocycles.